The lowest BCUT2D eigenvalue weighted by Crippen LogP contribution is -2.53. The van der Waals surface area contributed by atoms with Crippen molar-refractivity contribution >= 4 is 0 Å². The predicted octanol–water partition coefficient (Wildman–Crippen LogP) is 2.48. The molecule has 1 aliphatic rings. The second-order valence-corrected chi connectivity index (χ2v) is 7.01. The molecule has 2 rings (SSSR count). The SMILES string of the molecule is CC1(C)CC(NCC(C)(C)c2cccnc2)CCN1. The highest BCUT2D eigenvalue weighted by molar-refractivity contribution is 5.20. The fourth-order valence-electron chi connectivity index (χ4n) is 2.81. The van der Waals surface area contributed by atoms with E-state index in [0.717, 1.165) is 13.1 Å². The normalized spacial score (nSPS) is 23.3. The Balaban J connectivity index is 1.91. The Morgan fingerprint density at radius 3 is 2.89 bits per heavy atom. The van der Waals surface area contributed by atoms with E-state index in [1.807, 2.05) is 18.5 Å². The first kappa shape index (κ1) is 14.5. The van der Waals surface area contributed by atoms with Gasteiger partial charge in [0, 0.05) is 35.9 Å². The Bertz CT molecular complexity index is 398. The quantitative estimate of drug-likeness (QED) is 0.874. The first-order valence-corrected chi connectivity index (χ1v) is 7.28. The van der Waals surface area contributed by atoms with Gasteiger partial charge in [-0.2, -0.15) is 0 Å². The van der Waals surface area contributed by atoms with Gasteiger partial charge in [0.15, 0.2) is 0 Å². The van der Waals surface area contributed by atoms with Crippen LogP contribution in [0.5, 0.6) is 0 Å². The Morgan fingerprint density at radius 1 is 1.47 bits per heavy atom. The van der Waals surface area contributed by atoms with Crippen LogP contribution in [0.3, 0.4) is 0 Å². The monoisotopic (exact) mass is 261 g/mol. The van der Waals surface area contributed by atoms with Crippen LogP contribution < -0.4 is 10.6 Å². The summed E-state index contributed by atoms with van der Waals surface area (Å²) in [7, 11) is 0. The number of aromatic nitrogens is 1. The molecule has 1 aromatic heterocycles. The summed E-state index contributed by atoms with van der Waals surface area (Å²) < 4.78 is 0. The number of nitrogens with zero attached hydrogens (tertiary/aromatic N) is 1. The van der Waals surface area contributed by atoms with Crippen LogP contribution in [0, 0.1) is 0 Å². The average Bonchev–Trinajstić information content (AvgIpc) is 2.37. The molecule has 19 heavy (non-hydrogen) atoms. The van der Waals surface area contributed by atoms with Crippen molar-refractivity contribution < 1.29 is 0 Å². The molecule has 1 unspecified atom stereocenters. The molecule has 1 saturated heterocycles. The van der Waals surface area contributed by atoms with Gasteiger partial charge in [-0.25, -0.2) is 0 Å². The van der Waals surface area contributed by atoms with Crippen molar-refractivity contribution in [2.45, 2.75) is 57.5 Å². The number of hydrogen-bond donors (Lipinski definition) is 2. The summed E-state index contributed by atoms with van der Waals surface area (Å²) in [5, 5.41) is 7.32. The van der Waals surface area contributed by atoms with Gasteiger partial charge in [-0.3, -0.25) is 4.98 Å². The van der Waals surface area contributed by atoms with Gasteiger partial charge in [-0.15, -0.1) is 0 Å². The molecule has 2 heterocycles. The molecule has 3 nitrogen and oxygen atoms in total. The summed E-state index contributed by atoms with van der Waals surface area (Å²) >= 11 is 0. The zero-order valence-electron chi connectivity index (χ0n) is 12.7. The smallest absolute Gasteiger partial charge is 0.0305 e. The Hall–Kier alpha value is -0.930. The number of pyridine rings is 1. The van der Waals surface area contributed by atoms with Crippen molar-refractivity contribution in [1.29, 1.82) is 0 Å². The lowest BCUT2D eigenvalue weighted by atomic mass is 9.84. The molecule has 3 heteroatoms. The summed E-state index contributed by atoms with van der Waals surface area (Å²) in [5.41, 5.74) is 1.69. The Kier molecular flexibility index (Phi) is 4.26. The highest BCUT2D eigenvalue weighted by Crippen LogP contribution is 2.23. The molecule has 0 amide bonds. The number of piperidine rings is 1. The Labute approximate surface area is 117 Å². The van der Waals surface area contributed by atoms with Crippen LogP contribution in [-0.4, -0.2) is 29.7 Å². The maximum Gasteiger partial charge on any atom is 0.0305 e. The van der Waals surface area contributed by atoms with Crippen molar-refractivity contribution in [2.75, 3.05) is 13.1 Å². The third-order valence-corrected chi connectivity index (χ3v) is 4.13. The van der Waals surface area contributed by atoms with Crippen LogP contribution in [0.1, 0.15) is 46.1 Å². The molecule has 0 saturated carbocycles. The molecule has 0 spiro atoms. The van der Waals surface area contributed by atoms with Crippen molar-refractivity contribution in [1.82, 2.24) is 15.6 Å². The third kappa shape index (κ3) is 4.02. The minimum absolute atomic E-state index is 0.128. The molecular formula is C16H27N3. The molecule has 106 valence electrons. The molecule has 0 radical (unpaired) electrons. The van der Waals surface area contributed by atoms with Crippen molar-refractivity contribution in [3.63, 3.8) is 0 Å². The lowest BCUT2D eigenvalue weighted by molar-refractivity contribution is 0.240. The Morgan fingerprint density at radius 2 is 2.26 bits per heavy atom. The summed E-state index contributed by atoms with van der Waals surface area (Å²) in [6.45, 7) is 11.2. The largest absolute Gasteiger partial charge is 0.313 e. The van der Waals surface area contributed by atoms with Gasteiger partial charge in [0.25, 0.3) is 0 Å². The van der Waals surface area contributed by atoms with Crippen LogP contribution in [0.15, 0.2) is 24.5 Å². The maximum atomic E-state index is 4.23. The first-order chi connectivity index (χ1) is 8.89. The van der Waals surface area contributed by atoms with E-state index in [4.69, 9.17) is 0 Å². The van der Waals surface area contributed by atoms with Crippen LogP contribution in [0.4, 0.5) is 0 Å². The minimum atomic E-state index is 0.128. The summed E-state index contributed by atoms with van der Waals surface area (Å²) in [4.78, 5) is 4.23. The van der Waals surface area contributed by atoms with E-state index < -0.39 is 0 Å². The molecule has 1 aromatic rings. The molecular weight excluding hydrogens is 234 g/mol. The first-order valence-electron chi connectivity index (χ1n) is 7.28. The van der Waals surface area contributed by atoms with Gasteiger partial charge in [0.1, 0.15) is 0 Å². The van der Waals surface area contributed by atoms with E-state index in [9.17, 15) is 0 Å². The summed E-state index contributed by atoms with van der Waals surface area (Å²) in [6.07, 6.45) is 6.22. The second kappa shape index (κ2) is 5.59. The van der Waals surface area contributed by atoms with Gasteiger partial charge < -0.3 is 10.6 Å². The van der Waals surface area contributed by atoms with Gasteiger partial charge >= 0.3 is 0 Å². The molecule has 0 aromatic carbocycles. The van der Waals surface area contributed by atoms with Crippen LogP contribution in [0.25, 0.3) is 0 Å². The fourth-order valence-corrected chi connectivity index (χ4v) is 2.81. The molecule has 1 fully saturated rings. The van der Waals surface area contributed by atoms with Crippen LogP contribution >= 0.6 is 0 Å². The van der Waals surface area contributed by atoms with Gasteiger partial charge in [-0.05, 0) is 44.9 Å². The summed E-state index contributed by atoms with van der Waals surface area (Å²) in [6, 6.07) is 4.80. The van der Waals surface area contributed by atoms with Gasteiger partial charge in [-0.1, -0.05) is 19.9 Å². The van der Waals surface area contributed by atoms with E-state index in [1.165, 1.54) is 18.4 Å². The predicted molar refractivity (Wildman–Crippen MR) is 80.4 cm³/mol. The topological polar surface area (TPSA) is 37.0 Å². The lowest BCUT2D eigenvalue weighted by Gasteiger charge is -2.38. The zero-order chi connectivity index (χ0) is 13.9. The number of rotatable bonds is 4. The van der Waals surface area contributed by atoms with Gasteiger partial charge in [0.05, 0.1) is 0 Å². The molecule has 1 aliphatic heterocycles. The van der Waals surface area contributed by atoms with Crippen LogP contribution in [0.2, 0.25) is 0 Å². The molecule has 2 N–H and O–H groups in total. The highest BCUT2D eigenvalue weighted by Gasteiger charge is 2.29. The van der Waals surface area contributed by atoms with Gasteiger partial charge in [0.2, 0.25) is 0 Å². The second-order valence-electron chi connectivity index (χ2n) is 7.01. The summed E-state index contributed by atoms with van der Waals surface area (Å²) in [5.74, 6) is 0. The van der Waals surface area contributed by atoms with Crippen molar-refractivity contribution in [3.8, 4) is 0 Å². The highest BCUT2D eigenvalue weighted by atomic mass is 15.0. The third-order valence-electron chi connectivity index (χ3n) is 4.13. The van der Waals surface area contributed by atoms with E-state index in [0.29, 0.717) is 6.04 Å². The minimum Gasteiger partial charge on any atom is -0.313 e. The van der Waals surface area contributed by atoms with Crippen LogP contribution in [-0.2, 0) is 5.41 Å². The molecule has 0 aliphatic carbocycles. The molecule has 0 bridgehead atoms. The number of nitrogens with one attached hydrogen (secondary N) is 2. The zero-order valence-corrected chi connectivity index (χ0v) is 12.7. The van der Waals surface area contributed by atoms with Crippen molar-refractivity contribution in [2.24, 2.45) is 0 Å². The van der Waals surface area contributed by atoms with E-state index in [1.54, 1.807) is 0 Å². The average molecular weight is 261 g/mol. The van der Waals surface area contributed by atoms with E-state index in [2.05, 4.69) is 49.4 Å². The standard InChI is InChI=1S/C16H27N3/c1-15(2,13-6-5-8-17-11-13)12-18-14-7-9-19-16(3,4)10-14/h5-6,8,11,14,18-19H,7,9-10,12H2,1-4H3. The molecule has 1 atom stereocenters. The van der Waals surface area contributed by atoms with Crippen molar-refractivity contribution in [3.05, 3.63) is 30.1 Å². The fraction of sp³-hybridized carbons (Fsp3) is 0.688. The maximum absolute atomic E-state index is 4.23. The van der Waals surface area contributed by atoms with E-state index >= 15 is 0 Å². The van der Waals surface area contributed by atoms with E-state index in [-0.39, 0.29) is 11.0 Å². The number of hydrogen-bond acceptors (Lipinski definition) is 3.